The third kappa shape index (κ3) is 4.51. The van der Waals surface area contributed by atoms with Gasteiger partial charge in [-0.05, 0) is 36.8 Å². The zero-order valence-electron chi connectivity index (χ0n) is 16.5. The lowest BCUT2D eigenvalue weighted by molar-refractivity contribution is 0.0855. The molecule has 8 heteroatoms. The number of ether oxygens (including phenoxy) is 2. The summed E-state index contributed by atoms with van der Waals surface area (Å²) in [5.74, 6) is 1.31. The van der Waals surface area contributed by atoms with Crippen LogP contribution in [0, 0.1) is 0 Å². The molecule has 0 aliphatic carbocycles. The maximum absolute atomic E-state index is 12.4. The third-order valence-corrected chi connectivity index (χ3v) is 5.05. The molecule has 152 valence electrons. The largest absolute Gasteiger partial charge is 0.494 e. The number of aromatic nitrogens is 2. The van der Waals surface area contributed by atoms with Gasteiger partial charge >= 0.3 is 6.03 Å². The van der Waals surface area contributed by atoms with Crippen LogP contribution < -0.4 is 10.1 Å². The molecular weight excluding hydrogens is 360 g/mol. The van der Waals surface area contributed by atoms with Crippen molar-refractivity contribution in [2.75, 3.05) is 38.9 Å². The van der Waals surface area contributed by atoms with E-state index < -0.39 is 6.03 Å². The molecule has 2 heterocycles. The molecule has 0 radical (unpaired) electrons. The number of hydrogen-bond acceptors (Lipinski definition) is 6. The highest BCUT2D eigenvalue weighted by molar-refractivity contribution is 5.91. The van der Waals surface area contributed by atoms with Gasteiger partial charge < -0.3 is 19.5 Å². The minimum atomic E-state index is -0.399. The second-order valence-electron chi connectivity index (χ2n) is 6.88. The Labute approximate surface area is 164 Å². The summed E-state index contributed by atoms with van der Waals surface area (Å²) >= 11 is 0. The Morgan fingerprint density at radius 1 is 1.36 bits per heavy atom. The third-order valence-electron chi connectivity index (χ3n) is 5.05. The number of amides is 2. The molecule has 0 saturated carbocycles. The fourth-order valence-corrected chi connectivity index (χ4v) is 3.43. The van der Waals surface area contributed by atoms with Gasteiger partial charge in [0.25, 0.3) is 0 Å². The van der Waals surface area contributed by atoms with E-state index in [4.69, 9.17) is 9.47 Å². The highest BCUT2D eigenvalue weighted by Gasteiger charge is 2.21. The number of nitrogens with zero attached hydrogens (tertiary/aromatic N) is 3. The zero-order chi connectivity index (χ0) is 19.9. The molecule has 0 unspecified atom stereocenters. The molecule has 0 bridgehead atoms. The first-order valence-electron chi connectivity index (χ1n) is 9.76. The van der Waals surface area contributed by atoms with Gasteiger partial charge in [-0.3, -0.25) is 10.3 Å². The summed E-state index contributed by atoms with van der Waals surface area (Å²) in [7, 11) is 1.59. The first-order valence-corrected chi connectivity index (χ1v) is 9.76. The van der Waals surface area contributed by atoms with Gasteiger partial charge in [0.2, 0.25) is 0 Å². The fourth-order valence-electron chi connectivity index (χ4n) is 3.43. The fraction of sp³-hybridized carbons (Fsp3) is 0.550. The summed E-state index contributed by atoms with van der Waals surface area (Å²) in [6, 6.07) is 3.54. The lowest BCUT2D eigenvalue weighted by Gasteiger charge is -2.24. The smallest absolute Gasteiger partial charge is 0.324 e. The van der Waals surface area contributed by atoms with Crippen LogP contribution in [0.15, 0.2) is 18.3 Å². The van der Waals surface area contributed by atoms with Crippen molar-refractivity contribution >= 4 is 22.9 Å². The Kier molecular flexibility index (Phi) is 7.00. The molecule has 2 aromatic rings. The number of anilines is 1. The van der Waals surface area contributed by atoms with Crippen molar-refractivity contribution in [2.45, 2.75) is 38.5 Å². The van der Waals surface area contributed by atoms with Crippen LogP contribution in [0.2, 0.25) is 0 Å². The van der Waals surface area contributed by atoms with Crippen molar-refractivity contribution in [3.8, 4) is 5.75 Å². The summed E-state index contributed by atoms with van der Waals surface area (Å²) in [4.78, 5) is 22.9. The number of aliphatic hydroxyl groups excluding tert-OH is 1. The first-order chi connectivity index (χ1) is 13.7. The summed E-state index contributed by atoms with van der Waals surface area (Å²) < 4.78 is 10.9. The molecule has 8 nitrogen and oxygen atoms in total. The van der Waals surface area contributed by atoms with E-state index in [-0.39, 0.29) is 6.73 Å². The van der Waals surface area contributed by atoms with Crippen LogP contribution in [0.1, 0.15) is 44.1 Å². The Morgan fingerprint density at radius 3 is 2.82 bits per heavy atom. The van der Waals surface area contributed by atoms with E-state index in [0.717, 1.165) is 50.0 Å². The van der Waals surface area contributed by atoms with Crippen molar-refractivity contribution in [1.29, 1.82) is 0 Å². The summed E-state index contributed by atoms with van der Waals surface area (Å²) in [5, 5.41) is 12.2. The molecule has 0 atom stereocenters. The van der Waals surface area contributed by atoms with Crippen molar-refractivity contribution < 1.29 is 19.4 Å². The Balaban J connectivity index is 1.88. The van der Waals surface area contributed by atoms with Gasteiger partial charge in [0, 0.05) is 19.8 Å². The maximum atomic E-state index is 12.4. The second-order valence-corrected chi connectivity index (χ2v) is 6.88. The molecule has 3 rings (SSSR count). The average Bonchev–Trinajstić information content (AvgIpc) is 2.74. The number of benzene rings is 1. The van der Waals surface area contributed by atoms with Gasteiger partial charge in [0.05, 0.1) is 18.8 Å². The molecule has 28 heavy (non-hydrogen) atoms. The topological polar surface area (TPSA) is 96.8 Å². The quantitative estimate of drug-likeness (QED) is 0.708. The number of nitrogens with one attached hydrogen (secondary N) is 1. The number of fused-ring (bicyclic) bond motifs is 1. The average molecular weight is 388 g/mol. The summed E-state index contributed by atoms with van der Waals surface area (Å²) in [6.07, 6.45) is 5.21. The predicted octanol–water partition coefficient (Wildman–Crippen LogP) is 3.12. The van der Waals surface area contributed by atoms with Crippen LogP contribution in [0.5, 0.6) is 5.75 Å². The summed E-state index contributed by atoms with van der Waals surface area (Å²) in [5.41, 5.74) is 2.53. The monoisotopic (exact) mass is 388 g/mol. The van der Waals surface area contributed by atoms with Crippen LogP contribution in [0.25, 0.3) is 11.0 Å². The number of urea groups is 1. The molecule has 1 aromatic heterocycles. The highest BCUT2D eigenvalue weighted by atomic mass is 16.5. The number of aliphatic hydroxyl groups is 1. The van der Waals surface area contributed by atoms with E-state index in [2.05, 4.69) is 15.3 Å². The lowest BCUT2D eigenvalue weighted by atomic mass is 9.90. The summed E-state index contributed by atoms with van der Waals surface area (Å²) in [6.45, 7) is 3.66. The van der Waals surface area contributed by atoms with E-state index in [1.165, 1.54) is 4.90 Å². The van der Waals surface area contributed by atoms with Crippen LogP contribution in [-0.4, -0.2) is 59.6 Å². The number of rotatable bonds is 7. The van der Waals surface area contributed by atoms with Crippen LogP contribution >= 0.6 is 0 Å². The van der Waals surface area contributed by atoms with E-state index in [0.29, 0.717) is 29.5 Å². The molecule has 1 aromatic carbocycles. The van der Waals surface area contributed by atoms with Gasteiger partial charge in [-0.2, -0.15) is 0 Å². The standard InChI is InChI=1S/C20H28N4O4/c1-3-4-9-24(13-25)20(26)23-17-12-21-18-15(14-7-10-28-11-8-14)5-6-16(27-2)19(18)22-17/h5-6,12,14,25H,3-4,7-11,13H2,1-2H3,(H,22,23,26). The van der Waals surface area contributed by atoms with E-state index in [1.807, 2.05) is 19.1 Å². The SMILES string of the molecule is CCCCN(CO)C(=O)Nc1cnc2c(C3CCOCC3)ccc(OC)c2n1. The molecule has 1 saturated heterocycles. The Morgan fingerprint density at radius 2 is 2.14 bits per heavy atom. The molecule has 1 aliphatic rings. The van der Waals surface area contributed by atoms with E-state index >= 15 is 0 Å². The second kappa shape index (κ2) is 9.66. The van der Waals surface area contributed by atoms with Crippen molar-refractivity contribution in [3.63, 3.8) is 0 Å². The van der Waals surface area contributed by atoms with E-state index in [1.54, 1.807) is 13.3 Å². The predicted molar refractivity (Wildman–Crippen MR) is 107 cm³/mol. The lowest BCUT2D eigenvalue weighted by Crippen LogP contribution is -2.36. The van der Waals surface area contributed by atoms with Crippen molar-refractivity contribution in [1.82, 2.24) is 14.9 Å². The minimum Gasteiger partial charge on any atom is -0.494 e. The molecule has 2 amide bonds. The van der Waals surface area contributed by atoms with Crippen LogP contribution in [0.4, 0.5) is 10.6 Å². The maximum Gasteiger partial charge on any atom is 0.324 e. The highest BCUT2D eigenvalue weighted by Crippen LogP contribution is 2.35. The number of methoxy groups -OCH3 is 1. The van der Waals surface area contributed by atoms with E-state index in [9.17, 15) is 9.90 Å². The molecule has 0 spiro atoms. The Bertz CT molecular complexity index is 808. The number of carbonyl (C=O) groups excluding carboxylic acids is 1. The normalized spacial score (nSPS) is 14.8. The van der Waals surface area contributed by atoms with Crippen LogP contribution in [-0.2, 0) is 4.74 Å². The number of hydrogen-bond donors (Lipinski definition) is 2. The van der Waals surface area contributed by atoms with Crippen molar-refractivity contribution in [2.24, 2.45) is 0 Å². The molecule has 2 N–H and O–H groups in total. The van der Waals surface area contributed by atoms with Gasteiger partial charge in [0.15, 0.2) is 5.82 Å². The minimum absolute atomic E-state index is 0.329. The van der Waals surface area contributed by atoms with Gasteiger partial charge in [-0.25, -0.2) is 9.78 Å². The molecular formula is C20H28N4O4. The van der Waals surface area contributed by atoms with Gasteiger partial charge in [0.1, 0.15) is 18.0 Å². The number of unbranched alkanes of at least 4 members (excludes halogenated alkanes) is 1. The molecule has 1 fully saturated rings. The zero-order valence-corrected chi connectivity index (χ0v) is 16.5. The number of carbonyl (C=O) groups is 1. The van der Waals surface area contributed by atoms with Crippen LogP contribution in [0.3, 0.4) is 0 Å². The van der Waals surface area contributed by atoms with Crippen molar-refractivity contribution in [3.05, 3.63) is 23.9 Å². The Hall–Kier alpha value is -2.45. The first kappa shape index (κ1) is 20.3. The van der Waals surface area contributed by atoms with Gasteiger partial charge in [-0.15, -0.1) is 0 Å². The van der Waals surface area contributed by atoms with Gasteiger partial charge in [-0.1, -0.05) is 19.4 Å². The molecule has 1 aliphatic heterocycles.